The molecule has 1 unspecified atom stereocenters. The number of hydrogen-bond acceptors (Lipinski definition) is 3. The lowest BCUT2D eigenvalue weighted by Gasteiger charge is -2.32. The molecule has 0 aliphatic carbocycles. The van der Waals surface area contributed by atoms with Crippen LogP contribution in [0, 0.1) is 5.92 Å². The van der Waals surface area contributed by atoms with Gasteiger partial charge in [-0.2, -0.15) is 0 Å². The standard InChI is InChI=1S/C22H28ClN3O/c23-20-9-5-4-8-19(20)16-26-12-10-17(11-13-26)15-25-22(27)14-21(24)18-6-2-1-3-7-18/h1-9,17,21H,10-16,24H2,(H,25,27). The molecule has 0 bridgehead atoms. The van der Waals surface area contributed by atoms with Crippen molar-refractivity contribution in [2.45, 2.75) is 31.8 Å². The van der Waals surface area contributed by atoms with E-state index in [-0.39, 0.29) is 11.9 Å². The van der Waals surface area contributed by atoms with Crippen molar-refractivity contribution < 1.29 is 4.79 Å². The van der Waals surface area contributed by atoms with Gasteiger partial charge in [-0.25, -0.2) is 0 Å². The van der Waals surface area contributed by atoms with Crippen molar-refractivity contribution in [3.05, 3.63) is 70.7 Å². The van der Waals surface area contributed by atoms with Crippen molar-refractivity contribution in [3.8, 4) is 0 Å². The maximum atomic E-state index is 12.2. The van der Waals surface area contributed by atoms with Crippen LogP contribution in [0.3, 0.4) is 0 Å². The van der Waals surface area contributed by atoms with E-state index in [1.54, 1.807) is 0 Å². The first-order valence-electron chi connectivity index (χ1n) is 9.65. The molecule has 144 valence electrons. The first-order valence-corrected chi connectivity index (χ1v) is 10.0. The minimum absolute atomic E-state index is 0.0323. The van der Waals surface area contributed by atoms with E-state index in [2.05, 4.69) is 16.3 Å². The molecule has 1 fully saturated rings. The predicted octanol–water partition coefficient (Wildman–Crippen LogP) is 3.76. The topological polar surface area (TPSA) is 58.4 Å². The Morgan fingerprint density at radius 1 is 1.11 bits per heavy atom. The van der Waals surface area contributed by atoms with Crippen LogP contribution < -0.4 is 11.1 Å². The number of carbonyl (C=O) groups excluding carboxylic acids is 1. The third kappa shape index (κ3) is 6.06. The number of likely N-dealkylation sites (tertiary alicyclic amines) is 1. The van der Waals surface area contributed by atoms with Gasteiger partial charge in [-0.05, 0) is 49.0 Å². The Kier molecular flexibility index (Phi) is 7.27. The van der Waals surface area contributed by atoms with Gasteiger partial charge in [0.15, 0.2) is 0 Å². The molecule has 2 aromatic rings. The molecule has 0 saturated carbocycles. The van der Waals surface area contributed by atoms with Gasteiger partial charge in [0.25, 0.3) is 0 Å². The van der Waals surface area contributed by atoms with Gasteiger partial charge in [-0.1, -0.05) is 60.1 Å². The third-order valence-electron chi connectivity index (χ3n) is 5.28. The first-order chi connectivity index (χ1) is 13.1. The number of amides is 1. The minimum Gasteiger partial charge on any atom is -0.356 e. The van der Waals surface area contributed by atoms with Crippen LogP contribution >= 0.6 is 11.6 Å². The van der Waals surface area contributed by atoms with Gasteiger partial charge < -0.3 is 11.1 Å². The summed E-state index contributed by atoms with van der Waals surface area (Å²) in [5.74, 6) is 0.564. The molecule has 1 atom stereocenters. The van der Waals surface area contributed by atoms with E-state index >= 15 is 0 Å². The average molecular weight is 386 g/mol. The fraction of sp³-hybridized carbons (Fsp3) is 0.409. The highest BCUT2D eigenvalue weighted by Gasteiger charge is 2.20. The van der Waals surface area contributed by atoms with Gasteiger partial charge >= 0.3 is 0 Å². The quantitative estimate of drug-likeness (QED) is 0.762. The SMILES string of the molecule is NC(CC(=O)NCC1CCN(Cc2ccccc2Cl)CC1)c1ccccc1. The molecular formula is C22H28ClN3O. The summed E-state index contributed by atoms with van der Waals surface area (Å²) in [5, 5.41) is 3.90. The normalized spacial score (nSPS) is 16.8. The van der Waals surface area contributed by atoms with Crippen molar-refractivity contribution in [2.75, 3.05) is 19.6 Å². The molecule has 3 N–H and O–H groups in total. The summed E-state index contributed by atoms with van der Waals surface area (Å²) in [6.45, 7) is 3.70. The molecule has 4 nitrogen and oxygen atoms in total. The van der Waals surface area contributed by atoms with Crippen molar-refractivity contribution in [3.63, 3.8) is 0 Å². The van der Waals surface area contributed by atoms with Crippen LogP contribution in [0.1, 0.15) is 36.4 Å². The Bertz CT molecular complexity index is 729. The smallest absolute Gasteiger partial charge is 0.221 e. The molecule has 27 heavy (non-hydrogen) atoms. The number of nitrogens with zero attached hydrogens (tertiary/aromatic N) is 1. The number of carbonyl (C=O) groups is 1. The molecule has 1 aliphatic heterocycles. The molecular weight excluding hydrogens is 358 g/mol. The van der Waals surface area contributed by atoms with Crippen LogP contribution in [0.15, 0.2) is 54.6 Å². The molecule has 5 heteroatoms. The van der Waals surface area contributed by atoms with Crippen LogP contribution in [0.4, 0.5) is 0 Å². The van der Waals surface area contributed by atoms with E-state index < -0.39 is 0 Å². The lowest BCUT2D eigenvalue weighted by Crippen LogP contribution is -2.38. The molecule has 1 heterocycles. The van der Waals surface area contributed by atoms with Gasteiger partial charge in [-0.3, -0.25) is 9.69 Å². The minimum atomic E-state index is -0.247. The molecule has 2 aromatic carbocycles. The van der Waals surface area contributed by atoms with Crippen molar-refractivity contribution >= 4 is 17.5 Å². The molecule has 0 spiro atoms. The van der Waals surface area contributed by atoms with Gasteiger partial charge in [0.05, 0.1) is 0 Å². The highest BCUT2D eigenvalue weighted by atomic mass is 35.5. The number of nitrogens with one attached hydrogen (secondary N) is 1. The van der Waals surface area contributed by atoms with E-state index in [0.29, 0.717) is 12.3 Å². The van der Waals surface area contributed by atoms with Crippen LogP contribution in [0.5, 0.6) is 0 Å². The summed E-state index contributed by atoms with van der Waals surface area (Å²) in [6.07, 6.45) is 2.51. The summed E-state index contributed by atoms with van der Waals surface area (Å²) in [5.41, 5.74) is 8.31. The van der Waals surface area contributed by atoms with Gasteiger partial charge in [-0.15, -0.1) is 0 Å². The fourth-order valence-corrected chi connectivity index (χ4v) is 3.76. The maximum Gasteiger partial charge on any atom is 0.221 e. The van der Waals surface area contributed by atoms with E-state index in [0.717, 1.165) is 49.6 Å². The number of benzene rings is 2. The summed E-state index contributed by atoms with van der Waals surface area (Å²) < 4.78 is 0. The lowest BCUT2D eigenvalue weighted by atomic mass is 9.96. The zero-order valence-corrected chi connectivity index (χ0v) is 16.4. The Morgan fingerprint density at radius 2 is 1.78 bits per heavy atom. The zero-order chi connectivity index (χ0) is 19.1. The average Bonchev–Trinajstić information content (AvgIpc) is 2.70. The molecule has 0 radical (unpaired) electrons. The molecule has 0 aromatic heterocycles. The van der Waals surface area contributed by atoms with E-state index in [4.69, 9.17) is 17.3 Å². The summed E-state index contributed by atoms with van der Waals surface area (Å²) >= 11 is 6.26. The van der Waals surface area contributed by atoms with Crippen LogP contribution in [0.2, 0.25) is 5.02 Å². The number of nitrogens with two attached hydrogens (primary N) is 1. The van der Waals surface area contributed by atoms with E-state index in [1.165, 1.54) is 5.56 Å². The van der Waals surface area contributed by atoms with Gasteiger partial charge in [0.1, 0.15) is 0 Å². The van der Waals surface area contributed by atoms with Crippen molar-refractivity contribution in [2.24, 2.45) is 11.7 Å². The Morgan fingerprint density at radius 3 is 2.48 bits per heavy atom. The van der Waals surface area contributed by atoms with Crippen molar-refractivity contribution in [1.82, 2.24) is 10.2 Å². The van der Waals surface area contributed by atoms with Gasteiger partial charge in [0, 0.05) is 30.6 Å². The van der Waals surface area contributed by atoms with Gasteiger partial charge in [0.2, 0.25) is 5.91 Å². The molecule has 3 rings (SSSR count). The van der Waals surface area contributed by atoms with E-state index in [9.17, 15) is 4.79 Å². The fourth-order valence-electron chi connectivity index (χ4n) is 3.56. The summed E-state index contributed by atoms with van der Waals surface area (Å²) in [6, 6.07) is 17.6. The largest absolute Gasteiger partial charge is 0.356 e. The molecule has 1 amide bonds. The first kappa shape index (κ1) is 19.9. The number of piperidine rings is 1. The predicted molar refractivity (Wildman–Crippen MR) is 110 cm³/mol. The monoisotopic (exact) mass is 385 g/mol. The second-order valence-corrected chi connectivity index (χ2v) is 7.74. The second-order valence-electron chi connectivity index (χ2n) is 7.34. The van der Waals surface area contributed by atoms with Crippen LogP contribution in [0.25, 0.3) is 0 Å². The maximum absolute atomic E-state index is 12.2. The van der Waals surface area contributed by atoms with Crippen LogP contribution in [-0.4, -0.2) is 30.4 Å². The molecule has 1 aliphatic rings. The zero-order valence-electron chi connectivity index (χ0n) is 15.6. The number of halogens is 1. The number of rotatable bonds is 7. The summed E-state index contributed by atoms with van der Waals surface area (Å²) in [7, 11) is 0. The Labute approximate surface area is 166 Å². The van der Waals surface area contributed by atoms with E-state index in [1.807, 2.05) is 48.5 Å². The Balaban J connectivity index is 1.37. The highest BCUT2D eigenvalue weighted by molar-refractivity contribution is 6.31. The second kappa shape index (κ2) is 9.88. The third-order valence-corrected chi connectivity index (χ3v) is 5.65. The Hall–Kier alpha value is -1.88. The van der Waals surface area contributed by atoms with Crippen molar-refractivity contribution in [1.29, 1.82) is 0 Å². The summed E-state index contributed by atoms with van der Waals surface area (Å²) in [4.78, 5) is 14.6. The lowest BCUT2D eigenvalue weighted by molar-refractivity contribution is -0.121. The van der Waals surface area contributed by atoms with Crippen LogP contribution in [-0.2, 0) is 11.3 Å². The molecule has 1 saturated heterocycles. The highest BCUT2D eigenvalue weighted by Crippen LogP contribution is 2.22. The number of hydrogen-bond donors (Lipinski definition) is 2.